The lowest BCUT2D eigenvalue weighted by molar-refractivity contribution is 0.318. The van der Waals surface area contributed by atoms with Crippen LogP contribution in [0.5, 0.6) is 0 Å². The van der Waals surface area contributed by atoms with Crippen molar-refractivity contribution in [1.82, 2.24) is 4.98 Å². The molecular weight excluding hydrogens is 246 g/mol. The van der Waals surface area contributed by atoms with Gasteiger partial charge in [0.15, 0.2) is 5.84 Å². The Labute approximate surface area is 110 Å². The van der Waals surface area contributed by atoms with E-state index in [-0.39, 0.29) is 5.84 Å². The number of benzene rings is 1. The third-order valence-corrected chi connectivity index (χ3v) is 3.56. The average molecular weight is 259 g/mol. The second-order valence-corrected chi connectivity index (χ2v) is 4.80. The molecule has 2 aromatic rings. The van der Waals surface area contributed by atoms with Gasteiger partial charge in [-0.05, 0) is 36.8 Å². The first-order chi connectivity index (χ1) is 8.70. The number of hydrogen-bond donors (Lipinski definition) is 2. The van der Waals surface area contributed by atoms with E-state index in [0.717, 1.165) is 15.5 Å². The average Bonchev–Trinajstić information content (AvgIpc) is 2.41. The van der Waals surface area contributed by atoms with Gasteiger partial charge >= 0.3 is 0 Å². The highest BCUT2D eigenvalue weighted by atomic mass is 32.2. The molecule has 0 atom stereocenters. The van der Waals surface area contributed by atoms with Gasteiger partial charge in [0.25, 0.3) is 0 Å². The van der Waals surface area contributed by atoms with Crippen LogP contribution in [0.15, 0.2) is 57.7 Å². The van der Waals surface area contributed by atoms with E-state index < -0.39 is 0 Å². The van der Waals surface area contributed by atoms with Gasteiger partial charge in [-0.25, -0.2) is 4.98 Å². The van der Waals surface area contributed by atoms with E-state index in [1.807, 2.05) is 43.3 Å². The quantitative estimate of drug-likeness (QED) is 0.385. The molecule has 0 spiro atoms. The van der Waals surface area contributed by atoms with Crippen molar-refractivity contribution >= 4 is 17.6 Å². The standard InChI is InChI=1S/C13H13N3OS/c1-9-8-10(13(14)16-17)5-6-11(9)18-12-4-2-3-7-15-12/h2-8,17H,1H3,(H2,14,16). The van der Waals surface area contributed by atoms with Crippen molar-refractivity contribution in [1.29, 1.82) is 0 Å². The van der Waals surface area contributed by atoms with Crippen LogP contribution >= 0.6 is 11.8 Å². The maximum atomic E-state index is 8.63. The van der Waals surface area contributed by atoms with E-state index in [0.29, 0.717) is 5.56 Å². The molecule has 92 valence electrons. The highest BCUT2D eigenvalue weighted by Gasteiger charge is 2.05. The Morgan fingerprint density at radius 1 is 1.33 bits per heavy atom. The second-order valence-electron chi connectivity index (χ2n) is 3.74. The molecule has 0 radical (unpaired) electrons. The topological polar surface area (TPSA) is 71.5 Å². The Morgan fingerprint density at radius 2 is 2.17 bits per heavy atom. The number of nitrogens with zero attached hydrogens (tertiary/aromatic N) is 2. The third kappa shape index (κ3) is 2.81. The number of amidine groups is 1. The van der Waals surface area contributed by atoms with Gasteiger partial charge in [0, 0.05) is 16.7 Å². The SMILES string of the molecule is Cc1cc(/C(N)=N/O)ccc1Sc1ccccn1. The molecule has 0 bridgehead atoms. The van der Waals surface area contributed by atoms with Crippen molar-refractivity contribution in [3.8, 4) is 0 Å². The van der Waals surface area contributed by atoms with Crippen molar-refractivity contribution in [3.05, 3.63) is 53.7 Å². The number of aryl methyl sites for hydroxylation is 1. The monoisotopic (exact) mass is 259 g/mol. The minimum atomic E-state index is 0.118. The van der Waals surface area contributed by atoms with Crippen molar-refractivity contribution in [2.45, 2.75) is 16.8 Å². The number of pyridine rings is 1. The highest BCUT2D eigenvalue weighted by Crippen LogP contribution is 2.28. The van der Waals surface area contributed by atoms with Crippen LogP contribution < -0.4 is 5.73 Å². The first-order valence-electron chi connectivity index (χ1n) is 5.38. The molecule has 0 aliphatic rings. The zero-order chi connectivity index (χ0) is 13.0. The van der Waals surface area contributed by atoms with Gasteiger partial charge in [-0.2, -0.15) is 0 Å². The summed E-state index contributed by atoms with van der Waals surface area (Å²) in [6.07, 6.45) is 1.77. The molecule has 2 rings (SSSR count). The maximum Gasteiger partial charge on any atom is 0.170 e. The molecule has 0 amide bonds. The molecule has 5 heteroatoms. The fourth-order valence-electron chi connectivity index (χ4n) is 1.50. The Balaban J connectivity index is 2.26. The van der Waals surface area contributed by atoms with Crippen LogP contribution in [-0.2, 0) is 0 Å². The van der Waals surface area contributed by atoms with Crippen LogP contribution in [0.1, 0.15) is 11.1 Å². The third-order valence-electron chi connectivity index (χ3n) is 2.43. The van der Waals surface area contributed by atoms with Gasteiger partial charge in [-0.1, -0.05) is 29.1 Å². The molecule has 0 unspecified atom stereocenters. The van der Waals surface area contributed by atoms with Gasteiger partial charge in [-0.15, -0.1) is 0 Å². The molecule has 0 fully saturated rings. The van der Waals surface area contributed by atoms with Gasteiger partial charge in [0.05, 0.1) is 0 Å². The number of nitrogens with two attached hydrogens (primary N) is 1. The minimum Gasteiger partial charge on any atom is -0.409 e. The second kappa shape index (κ2) is 5.55. The first-order valence-corrected chi connectivity index (χ1v) is 6.20. The molecular formula is C13H13N3OS. The van der Waals surface area contributed by atoms with Crippen molar-refractivity contribution < 1.29 is 5.21 Å². The van der Waals surface area contributed by atoms with Crippen molar-refractivity contribution in [3.63, 3.8) is 0 Å². The fraction of sp³-hybridized carbons (Fsp3) is 0.0769. The lowest BCUT2D eigenvalue weighted by atomic mass is 10.1. The zero-order valence-corrected chi connectivity index (χ0v) is 10.7. The van der Waals surface area contributed by atoms with Gasteiger partial charge < -0.3 is 10.9 Å². The van der Waals surface area contributed by atoms with E-state index in [2.05, 4.69) is 10.1 Å². The summed E-state index contributed by atoms with van der Waals surface area (Å²) >= 11 is 1.59. The molecule has 1 aromatic heterocycles. The van der Waals surface area contributed by atoms with Crippen LogP contribution in [0, 0.1) is 6.92 Å². The van der Waals surface area contributed by atoms with Gasteiger partial charge in [-0.3, -0.25) is 0 Å². The summed E-state index contributed by atoms with van der Waals surface area (Å²) in [7, 11) is 0. The lowest BCUT2D eigenvalue weighted by Crippen LogP contribution is -2.13. The Hall–Kier alpha value is -2.01. The van der Waals surface area contributed by atoms with Gasteiger partial charge in [0.2, 0.25) is 0 Å². The van der Waals surface area contributed by atoms with Crippen molar-refractivity contribution in [2.24, 2.45) is 10.9 Å². The Morgan fingerprint density at radius 3 is 2.78 bits per heavy atom. The van der Waals surface area contributed by atoms with Crippen LogP contribution in [0.3, 0.4) is 0 Å². The molecule has 0 saturated heterocycles. The summed E-state index contributed by atoms with van der Waals surface area (Å²) in [5, 5.41) is 12.6. The summed E-state index contributed by atoms with van der Waals surface area (Å²) < 4.78 is 0. The smallest absolute Gasteiger partial charge is 0.170 e. The van der Waals surface area contributed by atoms with Crippen LogP contribution in [0.2, 0.25) is 0 Å². The predicted molar refractivity (Wildman–Crippen MR) is 72.0 cm³/mol. The predicted octanol–water partition coefficient (Wildman–Crippen LogP) is 2.64. The maximum absolute atomic E-state index is 8.63. The molecule has 1 aromatic carbocycles. The molecule has 4 nitrogen and oxygen atoms in total. The summed E-state index contributed by atoms with van der Waals surface area (Å²) in [4.78, 5) is 5.36. The molecule has 0 saturated carbocycles. The van der Waals surface area contributed by atoms with E-state index in [1.165, 1.54) is 0 Å². The van der Waals surface area contributed by atoms with E-state index in [9.17, 15) is 0 Å². The molecule has 18 heavy (non-hydrogen) atoms. The van der Waals surface area contributed by atoms with Gasteiger partial charge in [0.1, 0.15) is 5.03 Å². The fourth-order valence-corrected chi connectivity index (χ4v) is 2.34. The normalized spacial score (nSPS) is 11.5. The number of aromatic nitrogens is 1. The summed E-state index contributed by atoms with van der Waals surface area (Å²) in [6, 6.07) is 11.5. The number of hydrogen-bond acceptors (Lipinski definition) is 4. The highest BCUT2D eigenvalue weighted by molar-refractivity contribution is 7.99. The number of rotatable bonds is 3. The minimum absolute atomic E-state index is 0.118. The first kappa shape index (κ1) is 12.4. The lowest BCUT2D eigenvalue weighted by Gasteiger charge is -2.07. The van der Waals surface area contributed by atoms with Crippen molar-refractivity contribution in [2.75, 3.05) is 0 Å². The van der Waals surface area contributed by atoms with Crippen LogP contribution in [0.4, 0.5) is 0 Å². The molecule has 3 N–H and O–H groups in total. The molecule has 1 heterocycles. The number of oxime groups is 1. The zero-order valence-electron chi connectivity index (χ0n) is 9.87. The van der Waals surface area contributed by atoms with E-state index >= 15 is 0 Å². The Bertz CT molecular complexity index is 570. The molecule has 0 aliphatic carbocycles. The molecule has 0 aliphatic heterocycles. The summed E-state index contributed by atoms with van der Waals surface area (Å²) in [6.45, 7) is 1.99. The van der Waals surface area contributed by atoms with Crippen LogP contribution in [-0.4, -0.2) is 16.0 Å². The Kier molecular flexibility index (Phi) is 3.84. The largest absolute Gasteiger partial charge is 0.409 e. The summed E-state index contributed by atoms with van der Waals surface area (Å²) in [5.74, 6) is 0.118. The van der Waals surface area contributed by atoms with E-state index in [4.69, 9.17) is 10.9 Å². The summed E-state index contributed by atoms with van der Waals surface area (Å²) in [5.41, 5.74) is 7.32. The van der Waals surface area contributed by atoms with E-state index in [1.54, 1.807) is 18.0 Å². The van der Waals surface area contributed by atoms with Crippen LogP contribution in [0.25, 0.3) is 0 Å².